The largest absolute Gasteiger partial charge is 0.497 e. The lowest BCUT2D eigenvalue weighted by molar-refractivity contribution is -0.146. The van der Waals surface area contributed by atoms with Crippen LogP contribution in [0.4, 0.5) is 11.4 Å². The minimum absolute atomic E-state index is 0.0108. The van der Waals surface area contributed by atoms with E-state index in [1.807, 2.05) is 119 Å². The highest BCUT2D eigenvalue weighted by atomic mass is 35.5. The van der Waals surface area contributed by atoms with Crippen LogP contribution in [0.15, 0.2) is 134 Å². The molecule has 59 heavy (non-hydrogen) atoms. The maximum Gasteiger partial charge on any atom is 0.264 e. The molecule has 5 aromatic carbocycles. The van der Waals surface area contributed by atoms with E-state index in [0.29, 0.717) is 41.5 Å². The van der Waals surface area contributed by atoms with E-state index in [1.54, 1.807) is 19.2 Å². The molecule has 0 bridgehead atoms. The number of hydrogen-bond donors (Lipinski definition) is 2. The van der Waals surface area contributed by atoms with Crippen LogP contribution in [-0.2, 0) is 28.2 Å². The summed E-state index contributed by atoms with van der Waals surface area (Å²) in [6.07, 6.45) is 2.17. The molecule has 2 N–H and O–H groups in total. The van der Waals surface area contributed by atoms with E-state index < -0.39 is 13.7 Å². The Morgan fingerprint density at radius 1 is 0.966 bits per heavy atom. The van der Waals surface area contributed by atoms with Crippen LogP contribution >= 0.6 is 11.6 Å². The second kappa shape index (κ2) is 16.6. The first-order valence-corrected chi connectivity index (χ1v) is 23.4. The smallest absolute Gasteiger partial charge is 0.264 e. The first-order valence-electron chi connectivity index (χ1n) is 20.0. The zero-order valence-corrected chi connectivity index (χ0v) is 35.3. The van der Waals surface area contributed by atoms with E-state index in [9.17, 15) is 9.90 Å². The first-order chi connectivity index (χ1) is 28.5. The van der Waals surface area contributed by atoms with Crippen LogP contribution in [0.1, 0.15) is 52.0 Å². The van der Waals surface area contributed by atoms with E-state index in [0.717, 1.165) is 28.1 Å². The molecule has 0 radical (unpaired) electrons. The number of fused-ring (bicyclic) bond motifs is 2. The number of amides is 2. The standard InChI is InChI=1S/C47H48ClN5O5Si/c1-31-44(59(3,4)38-22-20-37(57-2)21-23-38)43(25-26-52-29-41(50-51-52)39(30-54)33-11-7-5-8-12-33)58-47(31)40-27-35(48)17-24-42(40)53(46(47)56)28-32-15-18-36(19-16-32)49-45(55)34-13-9-6-10-14-34/h5-24,27,29,31,39,43-44,54H,25-26,28,30H2,1-4H3,(H,49,55)/t31-,39?,43+,44-,47+/m0/s1. The van der Waals surface area contributed by atoms with Crippen molar-refractivity contribution >= 4 is 48.1 Å². The van der Waals surface area contributed by atoms with Gasteiger partial charge in [0.25, 0.3) is 11.8 Å². The van der Waals surface area contributed by atoms with Gasteiger partial charge in [-0.1, -0.05) is 115 Å². The summed E-state index contributed by atoms with van der Waals surface area (Å²) in [7, 11) is -0.737. The monoisotopic (exact) mass is 825 g/mol. The highest BCUT2D eigenvalue weighted by Gasteiger charge is 2.66. The van der Waals surface area contributed by atoms with Gasteiger partial charge in [0.05, 0.1) is 51.7 Å². The van der Waals surface area contributed by atoms with Crippen molar-refractivity contribution in [1.82, 2.24) is 15.0 Å². The maximum absolute atomic E-state index is 15.3. The van der Waals surface area contributed by atoms with Gasteiger partial charge in [0.1, 0.15) is 5.75 Å². The molecule has 1 aromatic heterocycles. The van der Waals surface area contributed by atoms with Gasteiger partial charge in [-0.15, -0.1) is 5.10 Å². The van der Waals surface area contributed by atoms with E-state index in [1.165, 1.54) is 5.19 Å². The number of carbonyl (C=O) groups excluding carboxylic acids is 2. The van der Waals surface area contributed by atoms with E-state index >= 15 is 4.79 Å². The van der Waals surface area contributed by atoms with Gasteiger partial charge in [0, 0.05) is 40.5 Å². The van der Waals surface area contributed by atoms with Crippen molar-refractivity contribution in [2.45, 2.75) is 62.7 Å². The number of methoxy groups -OCH3 is 1. The molecule has 1 saturated heterocycles. The van der Waals surface area contributed by atoms with Crippen LogP contribution in [-0.4, -0.2) is 59.8 Å². The highest BCUT2D eigenvalue weighted by Crippen LogP contribution is 2.60. The van der Waals surface area contributed by atoms with Crippen molar-refractivity contribution in [3.05, 3.63) is 167 Å². The highest BCUT2D eigenvalue weighted by molar-refractivity contribution is 6.91. The maximum atomic E-state index is 15.3. The topological polar surface area (TPSA) is 119 Å². The Hall–Kier alpha value is -5.59. The molecule has 1 fully saturated rings. The second-order valence-corrected chi connectivity index (χ2v) is 21.2. The fraction of sp³-hybridized carbons (Fsp3) is 0.277. The summed E-state index contributed by atoms with van der Waals surface area (Å²) < 4.78 is 14.7. The molecule has 2 aliphatic rings. The van der Waals surface area contributed by atoms with Gasteiger partial charge in [0.2, 0.25) is 0 Å². The van der Waals surface area contributed by atoms with Crippen molar-refractivity contribution in [2.24, 2.45) is 5.92 Å². The van der Waals surface area contributed by atoms with Crippen LogP contribution in [0.3, 0.4) is 0 Å². The van der Waals surface area contributed by atoms with Gasteiger partial charge in [-0.2, -0.15) is 0 Å². The van der Waals surface area contributed by atoms with Crippen molar-refractivity contribution in [1.29, 1.82) is 0 Å². The minimum atomic E-state index is -2.40. The number of ether oxygens (including phenoxy) is 2. The van der Waals surface area contributed by atoms with Gasteiger partial charge >= 0.3 is 0 Å². The lowest BCUT2D eigenvalue weighted by Gasteiger charge is -2.37. The first kappa shape index (κ1) is 40.2. The van der Waals surface area contributed by atoms with Crippen LogP contribution < -0.4 is 20.1 Å². The molecule has 8 rings (SSSR count). The summed E-state index contributed by atoms with van der Waals surface area (Å²) in [5.74, 6) is -0.0307. The average Bonchev–Trinajstić information content (AvgIpc) is 3.91. The van der Waals surface area contributed by atoms with Crippen molar-refractivity contribution < 1.29 is 24.2 Å². The Balaban J connectivity index is 1.10. The number of nitrogens with one attached hydrogen (secondary N) is 1. The number of aliphatic hydroxyl groups is 1. The normalized spacial score (nSPS) is 20.5. The van der Waals surface area contributed by atoms with Gasteiger partial charge < -0.3 is 24.8 Å². The van der Waals surface area contributed by atoms with Gasteiger partial charge in [0.15, 0.2) is 5.60 Å². The van der Waals surface area contributed by atoms with Crippen molar-refractivity contribution in [3.8, 4) is 5.75 Å². The van der Waals surface area contributed by atoms with Crippen LogP contribution in [0.25, 0.3) is 0 Å². The van der Waals surface area contributed by atoms with Gasteiger partial charge in [-0.05, 0) is 77.7 Å². The molecule has 2 aliphatic heterocycles. The predicted molar refractivity (Wildman–Crippen MR) is 233 cm³/mol. The minimum Gasteiger partial charge on any atom is -0.497 e. The van der Waals surface area contributed by atoms with Crippen molar-refractivity contribution in [3.63, 3.8) is 0 Å². The molecule has 5 atom stereocenters. The lowest BCUT2D eigenvalue weighted by atomic mass is 9.82. The molecule has 3 heterocycles. The number of anilines is 2. The molecule has 10 nitrogen and oxygen atoms in total. The Labute approximate surface area is 350 Å². The third-order valence-corrected chi connectivity index (χ3v) is 16.9. The van der Waals surface area contributed by atoms with Crippen molar-refractivity contribution in [2.75, 3.05) is 23.9 Å². The average molecular weight is 826 g/mol. The van der Waals surface area contributed by atoms with Crippen LogP contribution in [0, 0.1) is 5.92 Å². The number of benzene rings is 5. The summed E-state index contributed by atoms with van der Waals surface area (Å²) in [6, 6.07) is 40.5. The number of nitrogens with zero attached hydrogens (tertiary/aromatic N) is 4. The number of aryl methyl sites for hydroxylation is 1. The lowest BCUT2D eigenvalue weighted by Crippen LogP contribution is -2.51. The fourth-order valence-corrected chi connectivity index (χ4v) is 13.5. The molecule has 6 aromatic rings. The predicted octanol–water partition coefficient (Wildman–Crippen LogP) is 8.17. The van der Waals surface area contributed by atoms with Gasteiger partial charge in [-0.3, -0.25) is 14.3 Å². The third kappa shape index (κ3) is 7.60. The van der Waals surface area contributed by atoms with E-state index in [4.69, 9.17) is 21.1 Å². The Bertz CT molecular complexity index is 2430. The van der Waals surface area contributed by atoms with E-state index in [2.05, 4.69) is 47.8 Å². The molecule has 302 valence electrons. The molecule has 0 aliphatic carbocycles. The Morgan fingerprint density at radius 2 is 1.66 bits per heavy atom. The molecule has 1 unspecified atom stereocenters. The summed E-state index contributed by atoms with van der Waals surface area (Å²) in [5, 5.41) is 24.0. The number of rotatable bonds is 13. The Morgan fingerprint density at radius 3 is 2.34 bits per heavy atom. The van der Waals surface area contributed by atoms with E-state index in [-0.39, 0.29) is 41.9 Å². The summed E-state index contributed by atoms with van der Waals surface area (Å²) in [5.41, 5.74) is 4.08. The summed E-state index contributed by atoms with van der Waals surface area (Å²) >= 11 is 6.74. The number of aromatic nitrogens is 3. The quantitative estimate of drug-likeness (QED) is 0.113. The number of carbonyl (C=O) groups is 2. The zero-order valence-electron chi connectivity index (χ0n) is 33.6. The number of hydrogen-bond acceptors (Lipinski definition) is 7. The fourth-order valence-electron chi connectivity index (χ4n) is 9.28. The van der Waals surface area contributed by atoms with Crippen LogP contribution in [0.5, 0.6) is 5.75 Å². The SMILES string of the molecule is COc1ccc([Si](C)(C)[C@@H]2[C@@H](CCn3cc(C(CO)c4ccccc4)nn3)O[C@]3(C(=O)N(Cc4ccc(NC(=O)c5ccccc5)cc4)c4ccc(Cl)cc43)[C@H]2C)cc1. The molecule has 2 amide bonds. The van der Waals surface area contributed by atoms with Gasteiger partial charge in [-0.25, -0.2) is 0 Å². The second-order valence-electron chi connectivity index (χ2n) is 16.1. The molecule has 12 heteroatoms. The van der Waals surface area contributed by atoms with Crippen LogP contribution in [0.2, 0.25) is 23.7 Å². The molecule has 1 spiro atoms. The number of halogens is 1. The summed E-state index contributed by atoms with van der Waals surface area (Å²) in [6.45, 7) is 7.61. The molecule has 0 saturated carbocycles. The molecular weight excluding hydrogens is 778 g/mol. The Kier molecular flexibility index (Phi) is 11.3. The third-order valence-electron chi connectivity index (χ3n) is 12.3. The number of aliphatic hydroxyl groups excluding tert-OH is 1. The zero-order chi connectivity index (χ0) is 41.3. The summed E-state index contributed by atoms with van der Waals surface area (Å²) in [4.78, 5) is 29.9. The molecular formula is C47H48ClN5O5Si.